The molecule has 0 fully saturated rings. The fraction of sp³-hybridized carbons (Fsp3) is 0.200. The van der Waals surface area contributed by atoms with E-state index in [2.05, 4.69) is 0 Å². The monoisotopic (exact) mass is 194 g/mol. The molecular weight excluding hydrogens is 184 g/mol. The van der Waals surface area contributed by atoms with Gasteiger partial charge in [-0.15, -0.1) is 0 Å². The van der Waals surface area contributed by atoms with Gasteiger partial charge in [0.2, 0.25) is 5.79 Å². The van der Waals surface area contributed by atoms with Crippen LogP contribution < -0.4 is 0 Å². The summed E-state index contributed by atoms with van der Waals surface area (Å²) in [6.07, 6.45) is 1.37. The first-order chi connectivity index (χ1) is 6.53. The highest BCUT2D eigenvalue weighted by molar-refractivity contribution is 5.62. The molecule has 4 nitrogen and oxygen atoms in total. The summed E-state index contributed by atoms with van der Waals surface area (Å²) < 4.78 is 0. The number of phenols is 1. The second-order valence-corrected chi connectivity index (χ2v) is 3.27. The van der Waals surface area contributed by atoms with Crippen molar-refractivity contribution >= 4 is 6.08 Å². The van der Waals surface area contributed by atoms with E-state index in [1.807, 2.05) is 0 Å². The maximum absolute atomic E-state index is 9.57. The predicted molar refractivity (Wildman–Crippen MR) is 49.3 cm³/mol. The number of hydrogen-bond acceptors (Lipinski definition) is 4. The number of hydrogen-bond donors (Lipinski definition) is 4. The van der Waals surface area contributed by atoms with Crippen LogP contribution in [0.3, 0.4) is 0 Å². The van der Waals surface area contributed by atoms with Crippen molar-refractivity contribution in [2.45, 2.75) is 11.9 Å². The van der Waals surface area contributed by atoms with Gasteiger partial charge >= 0.3 is 0 Å². The molecule has 1 aliphatic carbocycles. The molecule has 4 heteroatoms. The summed E-state index contributed by atoms with van der Waals surface area (Å²) in [6.45, 7) is 0. The number of phenolic OH excluding ortho intramolecular Hbond substituents is 1. The first kappa shape index (κ1) is 9.21. The highest BCUT2D eigenvalue weighted by Gasteiger charge is 2.39. The van der Waals surface area contributed by atoms with Crippen molar-refractivity contribution in [1.29, 1.82) is 0 Å². The summed E-state index contributed by atoms with van der Waals surface area (Å²) in [5.74, 6) is -2.66. The Balaban J connectivity index is 2.69. The molecule has 4 N–H and O–H groups in total. The lowest BCUT2D eigenvalue weighted by atomic mass is 9.89. The zero-order valence-corrected chi connectivity index (χ0v) is 7.25. The highest BCUT2D eigenvalue weighted by Crippen LogP contribution is 2.37. The van der Waals surface area contributed by atoms with E-state index < -0.39 is 11.9 Å². The molecule has 0 aliphatic heterocycles. The van der Waals surface area contributed by atoms with Gasteiger partial charge in [0.1, 0.15) is 11.9 Å². The van der Waals surface area contributed by atoms with E-state index in [1.165, 1.54) is 18.2 Å². The smallest absolute Gasteiger partial charge is 0.224 e. The van der Waals surface area contributed by atoms with Crippen LogP contribution in [0, 0.1) is 0 Å². The summed E-state index contributed by atoms with van der Waals surface area (Å²) in [7, 11) is 0. The van der Waals surface area contributed by atoms with Crippen molar-refractivity contribution in [3.05, 3.63) is 35.4 Å². The number of aromatic hydroxyl groups is 1. The van der Waals surface area contributed by atoms with Gasteiger partial charge < -0.3 is 20.4 Å². The number of aliphatic hydroxyl groups is 3. The maximum atomic E-state index is 9.57. The molecule has 74 valence electrons. The summed E-state index contributed by atoms with van der Waals surface area (Å²) in [5.41, 5.74) is 0.426. The molecule has 0 heterocycles. The lowest BCUT2D eigenvalue weighted by Crippen LogP contribution is -2.40. The molecule has 0 radical (unpaired) electrons. The molecule has 0 aromatic heterocycles. The first-order valence-corrected chi connectivity index (χ1v) is 4.17. The first-order valence-electron chi connectivity index (χ1n) is 4.17. The van der Waals surface area contributed by atoms with Gasteiger partial charge in [0.25, 0.3) is 0 Å². The van der Waals surface area contributed by atoms with Crippen LogP contribution in [0.1, 0.15) is 11.1 Å². The molecule has 1 atom stereocenters. The van der Waals surface area contributed by atoms with Crippen LogP contribution in [-0.2, 0) is 5.79 Å². The van der Waals surface area contributed by atoms with Gasteiger partial charge in [-0.2, -0.15) is 0 Å². The van der Waals surface area contributed by atoms with E-state index in [0.717, 1.165) is 0 Å². The average Bonchev–Trinajstić information content (AvgIpc) is 2.11. The molecule has 0 saturated carbocycles. The minimum atomic E-state index is -2.42. The minimum Gasteiger partial charge on any atom is -0.507 e. The quantitative estimate of drug-likeness (QED) is 0.435. The van der Waals surface area contributed by atoms with Crippen molar-refractivity contribution in [3.8, 4) is 5.75 Å². The largest absolute Gasteiger partial charge is 0.507 e. The van der Waals surface area contributed by atoms with Crippen LogP contribution in [0.4, 0.5) is 0 Å². The van der Waals surface area contributed by atoms with Crippen LogP contribution in [0.5, 0.6) is 5.75 Å². The number of benzene rings is 1. The Kier molecular flexibility index (Phi) is 1.85. The minimum absolute atomic E-state index is 0.0602. The Hall–Kier alpha value is -1.36. The molecule has 0 bridgehead atoms. The summed E-state index contributed by atoms with van der Waals surface area (Å²) in [6, 6.07) is 4.55. The van der Waals surface area contributed by atoms with Gasteiger partial charge in [-0.1, -0.05) is 18.2 Å². The fourth-order valence-electron chi connectivity index (χ4n) is 1.57. The van der Waals surface area contributed by atoms with Crippen LogP contribution in [0.2, 0.25) is 0 Å². The Morgan fingerprint density at radius 2 is 1.93 bits per heavy atom. The zero-order chi connectivity index (χ0) is 10.3. The third kappa shape index (κ3) is 1.13. The van der Waals surface area contributed by atoms with Crippen molar-refractivity contribution in [1.82, 2.24) is 0 Å². The van der Waals surface area contributed by atoms with E-state index in [0.29, 0.717) is 5.56 Å². The summed E-state index contributed by atoms with van der Waals surface area (Å²) in [4.78, 5) is 0. The zero-order valence-electron chi connectivity index (χ0n) is 7.25. The van der Waals surface area contributed by atoms with E-state index in [-0.39, 0.29) is 11.3 Å². The Bertz CT molecular complexity index is 395. The van der Waals surface area contributed by atoms with E-state index >= 15 is 0 Å². The molecule has 14 heavy (non-hydrogen) atoms. The van der Waals surface area contributed by atoms with Crippen molar-refractivity contribution in [2.75, 3.05) is 0 Å². The molecule has 1 aromatic carbocycles. The molecule has 0 amide bonds. The summed E-state index contributed by atoms with van der Waals surface area (Å²) in [5, 5.41) is 37.9. The topological polar surface area (TPSA) is 80.9 Å². The second kappa shape index (κ2) is 2.81. The molecule has 0 spiro atoms. The molecular formula is C10H10O4. The van der Waals surface area contributed by atoms with Crippen LogP contribution in [0.15, 0.2) is 24.3 Å². The lowest BCUT2D eigenvalue weighted by molar-refractivity contribution is -0.222. The van der Waals surface area contributed by atoms with Crippen LogP contribution >= 0.6 is 0 Å². The van der Waals surface area contributed by atoms with Gasteiger partial charge in [0.15, 0.2) is 0 Å². The number of rotatable bonds is 0. The van der Waals surface area contributed by atoms with E-state index in [4.69, 9.17) is 0 Å². The Morgan fingerprint density at radius 3 is 2.64 bits per heavy atom. The molecule has 1 aromatic rings. The van der Waals surface area contributed by atoms with E-state index in [1.54, 1.807) is 12.1 Å². The number of aliphatic hydroxyl groups excluding tert-OH is 1. The molecule has 1 unspecified atom stereocenters. The van der Waals surface area contributed by atoms with Crippen molar-refractivity contribution in [2.24, 2.45) is 0 Å². The van der Waals surface area contributed by atoms with Crippen molar-refractivity contribution in [3.63, 3.8) is 0 Å². The number of fused-ring (bicyclic) bond motifs is 1. The summed E-state index contributed by atoms with van der Waals surface area (Å²) >= 11 is 0. The van der Waals surface area contributed by atoms with Gasteiger partial charge in [-0.25, -0.2) is 0 Å². The van der Waals surface area contributed by atoms with Crippen LogP contribution in [-0.4, -0.2) is 26.5 Å². The van der Waals surface area contributed by atoms with E-state index in [9.17, 15) is 20.4 Å². The van der Waals surface area contributed by atoms with Gasteiger partial charge in [-0.05, 0) is 17.7 Å². The highest BCUT2D eigenvalue weighted by atomic mass is 16.5. The van der Waals surface area contributed by atoms with Gasteiger partial charge in [-0.3, -0.25) is 0 Å². The predicted octanol–water partition coefficient (Wildman–Crippen LogP) is -0.0827. The lowest BCUT2D eigenvalue weighted by Gasteiger charge is -2.30. The van der Waals surface area contributed by atoms with Gasteiger partial charge in [0.05, 0.1) is 5.56 Å². The molecule has 2 rings (SSSR count). The standard InChI is InChI=1S/C10H10O4/c11-7-3-1-2-6-4-5-8(12)10(13,14)9(6)7/h1-5,8,11-14H. The third-order valence-corrected chi connectivity index (χ3v) is 2.31. The van der Waals surface area contributed by atoms with Crippen LogP contribution in [0.25, 0.3) is 6.08 Å². The third-order valence-electron chi connectivity index (χ3n) is 2.31. The van der Waals surface area contributed by atoms with Gasteiger partial charge in [0, 0.05) is 0 Å². The molecule has 1 aliphatic rings. The maximum Gasteiger partial charge on any atom is 0.224 e. The Morgan fingerprint density at radius 1 is 1.21 bits per heavy atom. The average molecular weight is 194 g/mol. The second-order valence-electron chi connectivity index (χ2n) is 3.27. The van der Waals surface area contributed by atoms with Crippen molar-refractivity contribution < 1.29 is 20.4 Å². The SMILES string of the molecule is Oc1cccc2c1C(O)(O)C(O)C=C2. The normalized spacial score (nSPS) is 23.2. The fourth-order valence-corrected chi connectivity index (χ4v) is 1.57. The Labute approximate surface area is 80.4 Å². The molecule has 0 saturated heterocycles.